The first-order valence-electron chi connectivity index (χ1n) is 6.05. The molecule has 0 aromatic heterocycles. The Morgan fingerprint density at radius 1 is 1.06 bits per heavy atom. The fourth-order valence-corrected chi connectivity index (χ4v) is 1.82. The summed E-state index contributed by atoms with van der Waals surface area (Å²) in [6.07, 6.45) is 3.99. The molecule has 0 aliphatic heterocycles. The van der Waals surface area contributed by atoms with Gasteiger partial charge in [-0.05, 0) is 24.1 Å². The van der Waals surface area contributed by atoms with Crippen LogP contribution in [0, 0.1) is 6.92 Å². The molecule has 0 unspecified atom stereocenters. The molecule has 0 radical (unpaired) electrons. The van der Waals surface area contributed by atoms with Gasteiger partial charge < -0.3 is 0 Å². The van der Waals surface area contributed by atoms with Gasteiger partial charge >= 0.3 is 0 Å². The lowest BCUT2D eigenvalue weighted by Crippen LogP contribution is -1.97. The number of ketones is 1. The summed E-state index contributed by atoms with van der Waals surface area (Å²) in [5.74, 6) is 0.128. The molecule has 0 aliphatic carbocycles. The average Bonchev–Trinajstić information content (AvgIpc) is 2.38. The summed E-state index contributed by atoms with van der Waals surface area (Å²) in [4.78, 5) is 11.8. The van der Waals surface area contributed by atoms with Crippen LogP contribution >= 0.6 is 0 Å². The Morgan fingerprint density at radius 3 is 2.56 bits per heavy atom. The second-order valence-corrected chi connectivity index (χ2v) is 4.38. The van der Waals surface area contributed by atoms with Crippen molar-refractivity contribution in [3.63, 3.8) is 0 Å². The number of benzene rings is 2. The molecule has 90 valence electrons. The Bertz CT molecular complexity index is 553. The zero-order valence-corrected chi connectivity index (χ0v) is 10.5. The van der Waals surface area contributed by atoms with Crippen molar-refractivity contribution in [3.05, 3.63) is 77.4 Å². The van der Waals surface area contributed by atoms with Crippen LogP contribution in [0.4, 0.5) is 0 Å². The van der Waals surface area contributed by atoms with Crippen molar-refractivity contribution in [1.82, 2.24) is 0 Å². The Hall–Kier alpha value is -2.15. The molecule has 2 aromatic carbocycles. The van der Waals surface area contributed by atoms with E-state index in [4.69, 9.17) is 0 Å². The minimum absolute atomic E-state index is 0.128. The highest BCUT2D eigenvalue weighted by molar-refractivity contribution is 5.95. The molecule has 1 heteroatoms. The first-order chi connectivity index (χ1) is 8.74. The maximum absolute atomic E-state index is 11.8. The Kier molecular flexibility index (Phi) is 4.08. The van der Waals surface area contributed by atoms with Crippen LogP contribution in [0.1, 0.15) is 16.7 Å². The van der Waals surface area contributed by atoms with E-state index in [1.807, 2.05) is 61.5 Å². The van der Waals surface area contributed by atoms with Crippen molar-refractivity contribution >= 4 is 11.9 Å². The van der Waals surface area contributed by atoms with E-state index >= 15 is 0 Å². The van der Waals surface area contributed by atoms with Crippen LogP contribution in [0.25, 0.3) is 6.08 Å². The fourth-order valence-electron chi connectivity index (χ4n) is 1.82. The van der Waals surface area contributed by atoms with E-state index in [1.165, 1.54) is 5.56 Å². The predicted octanol–water partition coefficient (Wildman–Crippen LogP) is 3.82. The number of hydrogen-bond acceptors (Lipinski definition) is 1. The zero-order valence-electron chi connectivity index (χ0n) is 10.5. The minimum atomic E-state index is 0.128. The highest BCUT2D eigenvalue weighted by atomic mass is 16.1. The van der Waals surface area contributed by atoms with Gasteiger partial charge in [-0.25, -0.2) is 0 Å². The number of carbonyl (C=O) groups is 1. The van der Waals surface area contributed by atoms with Gasteiger partial charge in [0.15, 0.2) is 5.78 Å². The van der Waals surface area contributed by atoms with Crippen LogP contribution in [-0.4, -0.2) is 5.78 Å². The van der Waals surface area contributed by atoms with Crippen LogP contribution in [0.5, 0.6) is 0 Å². The molecule has 0 aliphatic rings. The molecule has 0 saturated carbocycles. The van der Waals surface area contributed by atoms with Crippen molar-refractivity contribution in [3.8, 4) is 0 Å². The summed E-state index contributed by atoms with van der Waals surface area (Å²) in [5, 5.41) is 0. The van der Waals surface area contributed by atoms with Crippen LogP contribution in [-0.2, 0) is 11.2 Å². The highest BCUT2D eigenvalue weighted by Crippen LogP contribution is 2.07. The number of rotatable bonds is 4. The van der Waals surface area contributed by atoms with E-state index in [-0.39, 0.29) is 5.78 Å². The van der Waals surface area contributed by atoms with E-state index in [0.29, 0.717) is 6.42 Å². The summed E-state index contributed by atoms with van der Waals surface area (Å²) in [5.41, 5.74) is 3.32. The molecule has 0 N–H and O–H groups in total. The molecular formula is C17H16O. The molecule has 0 fully saturated rings. The third kappa shape index (κ3) is 3.70. The molecule has 2 aromatic rings. The second kappa shape index (κ2) is 5.97. The quantitative estimate of drug-likeness (QED) is 0.737. The normalized spacial score (nSPS) is 10.7. The third-order valence-electron chi connectivity index (χ3n) is 2.72. The van der Waals surface area contributed by atoms with E-state index in [1.54, 1.807) is 6.08 Å². The zero-order chi connectivity index (χ0) is 12.8. The SMILES string of the molecule is Cc1cccc(/C=C/C(=O)Cc2ccccc2)c1. The molecule has 0 amide bonds. The van der Waals surface area contributed by atoms with Gasteiger partial charge in [-0.3, -0.25) is 4.79 Å². The Balaban J connectivity index is 1.99. The summed E-state index contributed by atoms with van der Waals surface area (Å²) < 4.78 is 0. The van der Waals surface area contributed by atoms with Gasteiger partial charge in [0, 0.05) is 6.42 Å². The lowest BCUT2D eigenvalue weighted by atomic mass is 10.1. The van der Waals surface area contributed by atoms with Gasteiger partial charge in [0.2, 0.25) is 0 Å². The lowest BCUT2D eigenvalue weighted by Gasteiger charge is -1.97. The van der Waals surface area contributed by atoms with Gasteiger partial charge in [-0.1, -0.05) is 66.2 Å². The number of aryl methyl sites for hydroxylation is 1. The standard InChI is InChI=1S/C17H16O/c1-14-6-5-9-16(12-14)10-11-17(18)13-15-7-3-2-4-8-15/h2-12H,13H2,1H3/b11-10+. The second-order valence-electron chi connectivity index (χ2n) is 4.38. The van der Waals surface area contributed by atoms with Crippen LogP contribution < -0.4 is 0 Å². The third-order valence-corrected chi connectivity index (χ3v) is 2.72. The Labute approximate surface area is 108 Å². The maximum Gasteiger partial charge on any atom is 0.160 e. The van der Waals surface area contributed by atoms with Crippen LogP contribution in [0.3, 0.4) is 0 Å². The smallest absolute Gasteiger partial charge is 0.160 e. The molecule has 0 saturated heterocycles. The minimum Gasteiger partial charge on any atom is -0.294 e. The van der Waals surface area contributed by atoms with Gasteiger partial charge in [0.1, 0.15) is 0 Å². The van der Waals surface area contributed by atoms with Crippen molar-refractivity contribution in [1.29, 1.82) is 0 Å². The first kappa shape index (κ1) is 12.3. The predicted molar refractivity (Wildman–Crippen MR) is 75.4 cm³/mol. The van der Waals surface area contributed by atoms with Gasteiger partial charge in [-0.15, -0.1) is 0 Å². The molecule has 18 heavy (non-hydrogen) atoms. The van der Waals surface area contributed by atoms with E-state index in [0.717, 1.165) is 11.1 Å². The van der Waals surface area contributed by atoms with E-state index in [2.05, 4.69) is 6.07 Å². The fraction of sp³-hybridized carbons (Fsp3) is 0.118. The summed E-state index contributed by atoms with van der Waals surface area (Å²) >= 11 is 0. The topological polar surface area (TPSA) is 17.1 Å². The molecule has 2 rings (SSSR count). The average molecular weight is 236 g/mol. The lowest BCUT2D eigenvalue weighted by molar-refractivity contribution is -0.113. The summed E-state index contributed by atoms with van der Waals surface area (Å²) in [7, 11) is 0. The molecule has 0 spiro atoms. The number of allylic oxidation sites excluding steroid dienone is 1. The Morgan fingerprint density at radius 2 is 1.83 bits per heavy atom. The maximum atomic E-state index is 11.8. The van der Waals surface area contributed by atoms with Crippen molar-refractivity contribution in [2.24, 2.45) is 0 Å². The number of hydrogen-bond donors (Lipinski definition) is 0. The van der Waals surface area contributed by atoms with E-state index in [9.17, 15) is 4.79 Å². The molecule has 0 heterocycles. The number of carbonyl (C=O) groups excluding carboxylic acids is 1. The van der Waals surface area contributed by atoms with E-state index < -0.39 is 0 Å². The highest BCUT2D eigenvalue weighted by Gasteiger charge is 1.98. The largest absolute Gasteiger partial charge is 0.294 e. The van der Waals surface area contributed by atoms with Crippen molar-refractivity contribution in [2.75, 3.05) is 0 Å². The molecular weight excluding hydrogens is 220 g/mol. The summed E-state index contributed by atoms with van der Waals surface area (Å²) in [6.45, 7) is 2.04. The molecule has 1 nitrogen and oxygen atoms in total. The first-order valence-corrected chi connectivity index (χ1v) is 6.05. The van der Waals surface area contributed by atoms with Gasteiger partial charge in [0.25, 0.3) is 0 Å². The molecule has 0 atom stereocenters. The van der Waals surface area contributed by atoms with Crippen LogP contribution in [0.15, 0.2) is 60.7 Å². The summed E-state index contributed by atoms with van der Waals surface area (Å²) in [6, 6.07) is 17.9. The van der Waals surface area contributed by atoms with Crippen LogP contribution in [0.2, 0.25) is 0 Å². The van der Waals surface area contributed by atoms with Crippen molar-refractivity contribution in [2.45, 2.75) is 13.3 Å². The van der Waals surface area contributed by atoms with Gasteiger partial charge in [-0.2, -0.15) is 0 Å². The molecule has 0 bridgehead atoms. The monoisotopic (exact) mass is 236 g/mol. The van der Waals surface area contributed by atoms with Crippen molar-refractivity contribution < 1.29 is 4.79 Å². The van der Waals surface area contributed by atoms with Gasteiger partial charge in [0.05, 0.1) is 0 Å².